The van der Waals surface area contributed by atoms with Crippen LogP contribution in [-0.2, 0) is 110 Å². The third-order valence-corrected chi connectivity index (χ3v) is 0. The molecule has 38 heteroatoms. The average Bonchev–Trinajstić information content (AvgIpc) is 2.20. The van der Waals surface area contributed by atoms with E-state index < -0.39 is 43.1 Å². The van der Waals surface area contributed by atoms with E-state index in [0.29, 0.717) is 0 Å². The van der Waals surface area contributed by atoms with Crippen molar-refractivity contribution in [3.05, 3.63) is 0 Å². The molecule has 3 radical (unpaired) electrons. The summed E-state index contributed by atoms with van der Waals surface area (Å²) in [5, 5.41) is 117. The summed E-state index contributed by atoms with van der Waals surface area (Å²) in [6, 6.07) is 0. The second-order valence-corrected chi connectivity index (χ2v) is 1.75. The molecule has 0 aromatic carbocycles. The first-order valence-electron chi connectivity index (χ1n) is 4.29. The van der Waals surface area contributed by atoms with Gasteiger partial charge in [-0.05, 0) is 43.1 Å². The molecule has 0 spiro atoms. The summed E-state index contributed by atoms with van der Waals surface area (Å²) in [6.45, 7) is 0. The fraction of sp³-hybridized carbons (Fsp3) is 0. The van der Waals surface area contributed by atoms with Gasteiger partial charge in [0.05, 0.1) is 0 Å². The van der Waals surface area contributed by atoms with Crippen LogP contribution in [0, 0.1) is 0 Å². The summed E-state index contributed by atoms with van der Waals surface area (Å²) >= 11 is 0. The molecule has 259 valence electrons. The molecule has 0 amide bonds. The normalized spacial score (nSPS) is 3.73. The van der Waals surface area contributed by atoms with Crippen LogP contribution in [0.3, 0.4) is 0 Å². The number of carbonyl (C=O) groups is 7. The van der Waals surface area contributed by atoms with Crippen molar-refractivity contribution in [2.24, 2.45) is 0 Å². The standard InChI is InChI=1S/7CH2O3.3Al.3Cu.8H2O.3Zn/c7*2-1(3)4;;;;;;;;;;;;;;;;;/h7*(H2,2,3,4);;;;;;;8*1H2;;;/q;;;;;;;3*+3;3*+2;;;;;;;;;3*+2/p-21. The van der Waals surface area contributed by atoms with Gasteiger partial charge in [-0.25, -0.2) is 0 Å². The monoisotopic (exact) mass is 1020 g/mol. The molecule has 29 nitrogen and oxygen atoms in total. The van der Waals surface area contributed by atoms with Crippen LogP contribution in [0.1, 0.15) is 0 Å². The molecule has 0 saturated carbocycles. The van der Waals surface area contributed by atoms with Crippen molar-refractivity contribution in [1.82, 2.24) is 0 Å². The number of rotatable bonds is 0. The van der Waals surface area contributed by atoms with Gasteiger partial charge in [-0.1, -0.05) is 0 Å². The topological polar surface area (TPSA) is 684 Å². The van der Waals surface area contributed by atoms with E-state index >= 15 is 0 Å². The van der Waals surface area contributed by atoms with E-state index in [9.17, 15) is 0 Å². The van der Waals surface area contributed by atoms with Gasteiger partial charge < -0.3 is 149 Å². The van der Waals surface area contributed by atoms with Crippen LogP contribution in [-0.4, -0.2) is 139 Å². The maximum atomic E-state index is 8.33. The van der Waals surface area contributed by atoms with Crippen molar-refractivity contribution < 1.29 is 259 Å². The second kappa shape index (κ2) is 186. The van der Waals surface area contributed by atoms with Crippen LogP contribution in [0.25, 0.3) is 0 Å². The summed E-state index contributed by atoms with van der Waals surface area (Å²) in [6.07, 6.45) is -16.3. The Morgan fingerprint density at radius 3 is 0.244 bits per heavy atom. The molecule has 0 atom stereocenters. The van der Waals surface area contributed by atoms with Gasteiger partial charge in [0.1, 0.15) is 0 Å². The summed E-state index contributed by atoms with van der Waals surface area (Å²) in [7, 11) is 0. The zero-order valence-electron chi connectivity index (χ0n) is 20.5. The Kier molecular flexibility index (Phi) is 828. The van der Waals surface area contributed by atoms with Gasteiger partial charge in [0.25, 0.3) is 0 Å². The first-order chi connectivity index (χ1) is 12.1. The predicted molar refractivity (Wildman–Crippen MR) is 72.2 cm³/mol. The molecular weight excluding hydrogens is 1020 g/mol. The number of carbonyl (C=O) groups excluding carboxylic acids is 7. The average molecular weight is 1020 g/mol. The van der Waals surface area contributed by atoms with E-state index in [-0.39, 0.29) is 206 Å². The maximum absolute atomic E-state index is 8.33. The predicted octanol–water partition coefficient (Wildman–Crippen LogP) is -20.3. The Morgan fingerprint density at radius 1 is 0.244 bits per heavy atom. The SMILES string of the molecule is O.O=C([O-])[O-].O=C([O-])[O-].O=C([O-])[O-].O=C([O-])[O-].O=C([O-])[O-].O=C([O-])[O-].O=C([O-])[O-].[Al+3].[Al+3].[Al+3].[Cu+2].[Cu+2].[Cu+2].[OH-].[OH-].[OH-].[OH-].[OH-].[OH-].[OH-].[Zn+2].[Zn+2].[Zn+2]. The minimum atomic E-state index is -2.33. The van der Waals surface area contributed by atoms with Crippen LogP contribution in [0.2, 0.25) is 0 Å². The van der Waals surface area contributed by atoms with E-state index in [4.69, 9.17) is 105 Å². The molecule has 0 aliphatic rings. The van der Waals surface area contributed by atoms with E-state index in [1.54, 1.807) is 0 Å². The van der Waals surface area contributed by atoms with Gasteiger partial charge in [0, 0.05) is 0 Å². The maximum Gasteiger partial charge on any atom is 3.00 e. The Hall–Kier alpha value is -0.404. The van der Waals surface area contributed by atoms with Gasteiger partial charge in [0.15, 0.2) is 0 Å². The summed E-state index contributed by atoms with van der Waals surface area (Å²) in [5.74, 6) is 0. The quantitative estimate of drug-likeness (QED) is 0.203. The first kappa shape index (κ1) is 200. The Labute approximate surface area is 350 Å². The Morgan fingerprint density at radius 2 is 0.244 bits per heavy atom. The van der Waals surface area contributed by atoms with Crippen LogP contribution in [0.5, 0.6) is 0 Å². The van der Waals surface area contributed by atoms with E-state index in [1.165, 1.54) is 0 Å². The van der Waals surface area contributed by atoms with Crippen molar-refractivity contribution in [3.8, 4) is 0 Å². The summed E-state index contributed by atoms with van der Waals surface area (Å²) in [5.41, 5.74) is 0. The minimum absolute atomic E-state index is 0. The Balaban J connectivity index is -0.00000000489. The molecule has 0 aliphatic carbocycles. The van der Waals surface area contributed by atoms with E-state index in [0.717, 1.165) is 0 Å². The van der Waals surface area contributed by atoms with Gasteiger partial charge in [0.2, 0.25) is 0 Å². The van der Waals surface area contributed by atoms with Gasteiger partial charge in [-0.15, -0.1) is 0 Å². The van der Waals surface area contributed by atoms with Crippen molar-refractivity contribution in [2.45, 2.75) is 0 Å². The fourth-order valence-electron chi connectivity index (χ4n) is 0. The van der Waals surface area contributed by atoms with Crippen LogP contribution >= 0.6 is 0 Å². The minimum Gasteiger partial charge on any atom is -0.870 e. The zero-order valence-corrected chi connectivity index (χ0v) is 35.7. The molecule has 0 aliphatic heterocycles. The van der Waals surface area contributed by atoms with Gasteiger partial charge >= 0.3 is 162 Å². The molecule has 0 saturated heterocycles. The molecule has 0 unspecified atom stereocenters. The van der Waals surface area contributed by atoms with Gasteiger partial charge in [-0.2, -0.15) is 0 Å². The number of hydrogen-bond acceptors (Lipinski definition) is 28. The third kappa shape index (κ3) is 462000. The molecule has 0 rings (SSSR count). The molecular formula is C7H9Al3Cu3O29Zn3. The van der Waals surface area contributed by atoms with Crippen molar-refractivity contribution in [2.75, 3.05) is 0 Å². The summed E-state index contributed by atoms with van der Waals surface area (Å²) < 4.78 is 0. The molecule has 0 aromatic rings. The molecule has 9 N–H and O–H groups in total. The van der Waals surface area contributed by atoms with Crippen LogP contribution in [0.4, 0.5) is 33.6 Å². The van der Waals surface area contributed by atoms with Gasteiger partial charge in [-0.3, -0.25) is 0 Å². The number of hydrogen-bond donors (Lipinski definition) is 0. The van der Waals surface area contributed by atoms with E-state index in [1.807, 2.05) is 0 Å². The molecule has 0 fully saturated rings. The Bertz CT molecular complexity index is 351. The third-order valence-electron chi connectivity index (χ3n) is 0. The molecule has 0 aromatic heterocycles. The smallest absolute Gasteiger partial charge is 0.870 e. The van der Waals surface area contributed by atoms with Crippen molar-refractivity contribution in [1.29, 1.82) is 0 Å². The second-order valence-electron chi connectivity index (χ2n) is 1.75. The van der Waals surface area contributed by atoms with Crippen LogP contribution in [0.15, 0.2) is 0 Å². The van der Waals surface area contributed by atoms with Crippen molar-refractivity contribution in [3.63, 3.8) is 0 Å². The molecule has 0 bridgehead atoms. The number of carboxylic acid groups (broad SMARTS) is 14. The fourth-order valence-corrected chi connectivity index (χ4v) is 0. The first-order valence-corrected chi connectivity index (χ1v) is 4.29. The summed E-state index contributed by atoms with van der Waals surface area (Å²) in [4.78, 5) is 58.3. The van der Waals surface area contributed by atoms with Crippen molar-refractivity contribution >= 4 is 95.2 Å². The molecule has 45 heavy (non-hydrogen) atoms. The molecule has 0 heterocycles. The van der Waals surface area contributed by atoms with E-state index in [2.05, 4.69) is 0 Å². The van der Waals surface area contributed by atoms with Crippen LogP contribution < -0.4 is 71.5 Å². The zero-order chi connectivity index (χ0) is 25.0. The largest absolute Gasteiger partial charge is 3.00 e.